The monoisotopic (exact) mass is 182 g/mol. The molecule has 0 aromatic heterocycles. The highest BCUT2D eigenvalue weighted by atomic mass is 15.0. The van der Waals surface area contributed by atoms with Crippen LogP contribution in [-0.2, 0) is 0 Å². The van der Waals surface area contributed by atoms with Crippen molar-refractivity contribution in [3.63, 3.8) is 0 Å². The Bertz CT molecular complexity index is 161. The fraction of sp³-hybridized carbons (Fsp3) is 1.00. The summed E-state index contributed by atoms with van der Waals surface area (Å²) < 4.78 is 0. The smallest absolute Gasteiger partial charge is 0.0124 e. The summed E-state index contributed by atoms with van der Waals surface area (Å²) in [6.07, 6.45) is 10.2. The van der Waals surface area contributed by atoms with E-state index in [9.17, 15) is 0 Å². The quantitative estimate of drug-likeness (QED) is 0.696. The van der Waals surface area contributed by atoms with Gasteiger partial charge in [0.15, 0.2) is 0 Å². The van der Waals surface area contributed by atoms with Crippen molar-refractivity contribution < 1.29 is 0 Å². The molecular formula is C11H22N2. The highest BCUT2D eigenvalue weighted by molar-refractivity contribution is 5.01. The maximum absolute atomic E-state index is 5.51. The summed E-state index contributed by atoms with van der Waals surface area (Å²) in [6.45, 7) is 1.79. The molecule has 0 aliphatic heterocycles. The van der Waals surface area contributed by atoms with Gasteiger partial charge in [0, 0.05) is 19.1 Å². The van der Waals surface area contributed by atoms with Crippen LogP contribution in [0.15, 0.2) is 0 Å². The largest absolute Gasteiger partial charge is 0.329 e. The molecule has 0 aromatic carbocycles. The SMILES string of the molecule is NCCNC1CCC12CCCCC2. The third-order valence-electron chi connectivity index (χ3n) is 4.05. The molecule has 0 heterocycles. The average molecular weight is 182 g/mol. The van der Waals surface area contributed by atoms with E-state index in [0.29, 0.717) is 5.41 Å². The third-order valence-corrected chi connectivity index (χ3v) is 4.05. The second kappa shape index (κ2) is 3.97. The van der Waals surface area contributed by atoms with E-state index in [1.165, 1.54) is 44.9 Å². The van der Waals surface area contributed by atoms with Crippen molar-refractivity contribution in [2.45, 2.75) is 51.0 Å². The second-order valence-corrected chi connectivity index (χ2v) is 4.76. The summed E-state index contributed by atoms with van der Waals surface area (Å²) in [6, 6.07) is 0.802. The second-order valence-electron chi connectivity index (χ2n) is 4.76. The maximum atomic E-state index is 5.51. The Labute approximate surface area is 81.3 Å². The molecule has 0 amide bonds. The molecule has 1 spiro atoms. The molecule has 2 rings (SSSR count). The Balaban J connectivity index is 1.83. The zero-order chi connectivity index (χ0) is 9.15. The summed E-state index contributed by atoms with van der Waals surface area (Å²) in [5.74, 6) is 0. The minimum absolute atomic E-state index is 0.702. The highest BCUT2D eigenvalue weighted by Crippen LogP contribution is 2.51. The van der Waals surface area contributed by atoms with E-state index in [-0.39, 0.29) is 0 Å². The molecule has 2 saturated carbocycles. The number of rotatable bonds is 3. The van der Waals surface area contributed by atoms with Gasteiger partial charge in [-0.05, 0) is 31.1 Å². The summed E-state index contributed by atoms with van der Waals surface area (Å²) in [7, 11) is 0. The van der Waals surface area contributed by atoms with Crippen LogP contribution in [0.2, 0.25) is 0 Å². The molecule has 0 bridgehead atoms. The molecule has 2 aliphatic carbocycles. The predicted molar refractivity (Wildman–Crippen MR) is 55.6 cm³/mol. The van der Waals surface area contributed by atoms with E-state index < -0.39 is 0 Å². The van der Waals surface area contributed by atoms with Crippen LogP contribution in [0.3, 0.4) is 0 Å². The Kier molecular flexibility index (Phi) is 2.89. The first-order valence-electron chi connectivity index (χ1n) is 5.81. The van der Waals surface area contributed by atoms with Gasteiger partial charge >= 0.3 is 0 Å². The summed E-state index contributed by atoms with van der Waals surface area (Å²) >= 11 is 0. The molecule has 3 N–H and O–H groups in total. The maximum Gasteiger partial charge on any atom is 0.0124 e. The summed E-state index contributed by atoms with van der Waals surface area (Å²) in [5, 5.41) is 3.60. The predicted octanol–water partition coefficient (Wildman–Crippen LogP) is 1.65. The van der Waals surface area contributed by atoms with Crippen molar-refractivity contribution in [2.24, 2.45) is 11.1 Å². The molecule has 2 heteroatoms. The standard InChI is InChI=1S/C11H22N2/c12-8-9-13-10-4-7-11(10)5-2-1-3-6-11/h10,13H,1-9,12H2. The fourth-order valence-electron chi connectivity index (χ4n) is 3.13. The lowest BCUT2D eigenvalue weighted by Crippen LogP contribution is -2.55. The number of nitrogens with two attached hydrogens (primary N) is 1. The van der Waals surface area contributed by atoms with Crippen LogP contribution in [0.1, 0.15) is 44.9 Å². The molecular weight excluding hydrogens is 160 g/mol. The van der Waals surface area contributed by atoms with Gasteiger partial charge in [-0.15, -0.1) is 0 Å². The van der Waals surface area contributed by atoms with Crippen LogP contribution < -0.4 is 11.1 Å². The first kappa shape index (κ1) is 9.47. The summed E-state index contributed by atoms with van der Waals surface area (Å²) in [4.78, 5) is 0. The minimum Gasteiger partial charge on any atom is -0.329 e. The molecule has 2 nitrogen and oxygen atoms in total. The minimum atomic E-state index is 0.702. The van der Waals surface area contributed by atoms with Gasteiger partial charge in [-0.3, -0.25) is 0 Å². The van der Waals surface area contributed by atoms with Crippen molar-refractivity contribution in [3.8, 4) is 0 Å². The summed E-state index contributed by atoms with van der Waals surface area (Å²) in [5.41, 5.74) is 6.21. The number of hydrogen-bond donors (Lipinski definition) is 2. The van der Waals surface area contributed by atoms with E-state index in [4.69, 9.17) is 5.73 Å². The molecule has 1 unspecified atom stereocenters. The molecule has 1 atom stereocenters. The van der Waals surface area contributed by atoms with Crippen LogP contribution in [0.5, 0.6) is 0 Å². The molecule has 13 heavy (non-hydrogen) atoms. The van der Waals surface area contributed by atoms with Gasteiger partial charge in [-0.1, -0.05) is 19.3 Å². The molecule has 0 aromatic rings. The topological polar surface area (TPSA) is 38.0 Å². The van der Waals surface area contributed by atoms with Gasteiger partial charge in [0.25, 0.3) is 0 Å². The first-order chi connectivity index (χ1) is 6.37. The van der Waals surface area contributed by atoms with Crippen LogP contribution in [0.4, 0.5) is 0 Å². The van der Waals surface area contributed by atoms with Gasteiger partial charge in [-0.25, -0.2) is 0 Å². The van der Waals surface area contributed by atoms with Crippen LogP contribution in [0.25, 0.3) is 0 Å². The van der Waals surface area contributed by atoms with Gasteiger partial charge in [0.2, 0.25) is 0 Å². The Morgan fingerprint density at radius 3 is 2.46 bits per heavy atom. The number of nitrogens with one attached hydrogen (secondary N) is 1. The first-order valence-corrected chi connectivity index (χ1v) is 5.81. The molecule has 2 aliphatic rings. The number of hydrogen-bond acceptors (Lipinski definition) is 2. The zero-order valence-electron chi connectivity index (χ0n) is 8.52. The lowest BCUT2D eigenvalue weighted by atomic mass is 9.57. The van der Waals surface area contributed by atoms with Crippen molar-refractivity contribution in [1.82, 2.24) is 5.32 Å². The normalized spacial score (nSPS) is 31.6. The Hall–Kier alpha value is -0.0800. The lowest BCUT2D eigenvalue weighted by Gasteiger charge is -2.52. The van der Waals surface area contributed by atoms with E-state index in [1.54, 1.807) is 0 Å². The van der Waals surface area contributed by atoms with Crippen molar-refractivity contribution >= 4 is 0 Å². The van der Waals surface area contributed by atoms with Gasteiger partial charge < -0.3 is 11.1 Å². The fourth-order valence-corrected chi connectivity index (χ4v) is 3.13. The molecule has 0 saturated heterocycles. The van der Waals surface area contributed by atoms with Gasteiger partial charge in [-0.2, -0.15) is 0 Å². The van der Waals surface area contributed by atoms with Gasteiger partial charge in [0.1, 0.15) is 0 Å². The third kappa shape index (κ3) is 1.75. The average Bonchev–Trinajstić information content (AvgIpc) is 2.18. The van der Waals surface area contributed by atoms with Crippen molar-refractivity contribution in [2.75, 3.05) is 13.1 Å². The van der Waals surface area contributed by atoms with Crippen LogP contribution in [-0.4, -0.2) is 19.1 Å². The molecule has 0 radical (unpaired) electrons. The Morgan fingerprint density at radius 1 is 1.15 bits per heavy atom. The zero-order valence-corrected chi connectivity index (χ0v) is 8.52. The molecule has 2 fully saturated rings. The van der Waals surface area contributed by atoms with Crippen LogP contribution in [0, 0.1) is 5.41 Å². The van der Waals surface area contributed by atoms with Gasteiger partial charge in [0.05, 0.1) is 0 Å². The van der Waals surface area contributed by atoms with Crippen LogP contribution >= 0.6 is 0 Å². The van der Waals surface area contributed by atoms with E-state index in [2.05, 4.69) is 5.32 Å². The van der Waals surface area contributed by atoms with Crippen molar-refractivity contribution in [3.05, 3.63) is 0 Å². The van der Waals surface area contributed by atoms with Crippen molar-refractivity contribution in [1.29, 1.82) is 0 Å². The molecule has 76 valence electrons. The van der Waals surface area contributed by atoms with E-state index in [1.807, 2.05) is 0 Å². The Morgan fingerprint density at radius 2 is 1.92 bits per heavy atom. The highest BCUT2D eigenvalue weighted by Gasteiger charge is 2.46. The van der Waals surface area contributed by atoms with E-state index >= 15 is 0 Å². The lowest BCUT2D eigenvalue weighted by molar-refractivity contribution is 0.0239. The van der Waals surface area contributed by atoms with E-state index in [0.717, 1.165) is 19.1 Å².